The van der Waals surface area contributed by atoms with E-state index in [-0.39, 0.29) is 23.8 Å². The van der Waals surface area contributed by atoms with Crippen LogP contribution in [-0.4, -0.2) is 35.1 Å². The normalized spacial score (nSPS) is 9.41. The van der Waals surface area contributed by atoms with Crippen molar-refractivity contribution in [1.29, 1.82) is 0 Å². The predicted molar refractivity (Wildman–Crippen MR) is 59.9 cm³/mol. The number of hydrogen-bond acceptors (Lipinski definition) is 4. The fraction of sp³-hybridized carbons (Fsp3) is 0.182. The monoisotopic (exact) mass is 236 g/mol. The van der Waals surface area contributed by atoms with E-state index >= 15 is 0 Å². The van der Waals surface area contributed by atoms with Crippen LogP contribution in [0, 0.1) is 0 Å². The van der Waals surface area contributed by atoms with Crippen LogP contribution in [0.25, 0.3) is 0 Å². The minimum atomic E-state index is -1.10. The van der Waals surface area contributed by atoms with Crippen molar-refractivity contribution in [2.75, 3.05) is 13.2 Å². The van der Waals surface area contributed by atoms with Crippen LogP contribution in [0.4, 0.5) is 0 Å². The molecule has 0 bridgehead atoms. The van der Waals surface area contributed by atoms with Gasteiger partial charge in [0.25, 0.3) is 5.91 Å². The Hall–Kier alpha value is -2.37. The maximum atomic E-state index is 11.2. The van der Waals surface area contributed by atoms with E-state index in [9.17, 15) is 9.59 Å². The quantitative estimate of drug-likeness (QED) is 0.700. The van der Waals surface area contributed by atoms with Gasteiger partial charge in [0.15, 0.2) is 6.61 Å². The van der Waals surface area contributed by atoms with Crippen molar-refractivity contribution in [1.82, 2.24) is 10.3 Å². The van der Waals surface area contributed by atoms with Gasteiger partial charge in [0.05, 0.1) is 11.8 Å². The number of aromatic nitrogens is 1. The van der Waals surface area contributed by atoms with Gasteiger partial charge >= 0.3 is 5.97 Å². The lowest BCUT2D eigenvalue weighted by atomic mass is 10.3. The third-order valence-corrected chi connectivity index (χ3v) is 1.77. The first-order valence-electron chi connectivity index (χ1n) is 4.82. The molecule has 6 heteroatoms. The third kappa shape index (κ3) is 4.33. The number of amides is 1. The minimum Gasteiger partial charge on any atom is -0.482 e. The molecule has 0 spiro atoms. The maximum absolute atomic E-state index is 11.2. The molecule has 2 N–H and O–H groups in total. The summed E-state index contributed by atoms with van der Waals surface area (Å²) in [4.78, 5) is 25.5. The SMILES string of the molecule is C=CCNC(=O)COc1cncc(C(=O)O)c1. The first kappa shape index (κ1) is 12.7. The number of carboxylic acid groups (broad SMARTS) is 1. The molecule has 0 aliphatic carbocycles. The lowest BCUT2D eigenvalue weighted by molar-refractivity contribution is -0.122. The van der Waals surface area contributed by atoms with Gasteiger partial charge in [-0.25, -0.2) is 4.79 Å². The Balaban J connectivity index is 2.51. The average Bonchev–Trinajstić information content (AvgIpc) is 2.34. The van der Waals surface area contributed by atoms with Crippen LogP contribution >= 0.6 is 0 Å². The summed E-state index contributed by atoms with van der Waals surface area (Å²) >= 11 is 0. The molecular weight excluding hydrogens is 224 g/mol. The molecule has 1 rings (SSSR count). The van der Waals surface area contributed by atoms with Gasteiger partial charge in [-0.15, -0.1) is 6.58 Å². The summed E-state index contributed by atoms with van der Waals surface area (Å²) in [6.07, 6.45) is 4.09. The number of carbonyl (C=O) groups excluding carboxylic acids is 1. The Labute approximate surface area is 97.9 Å². The van der Waals surface area contributed by atoms with Crippen LogP contribution in [0.2, 0.25) is 0 Å². The molecule has 0 fully saturated rings. The lowest BCUT2D eigenvalue weighted by Gasteiger charge is -2.06. The van der Waals surface area contributed by atoms with Gasteiger partial charge < -0.3 is 15.2 Å². The van der Waals surface area contributed by atoms with E-state index in [2.05, 4.69) is 16.9 Å². The molecule has 1 heterocycles. The van der Waals surface area contributed by atoms with Crippen molar-refractivity contribution in [2.45, 2.75) is 0 Å². The van der Waals surface area contributed by atoms with Crippen molar-refractivity contribution >= 4 is 11.9 Å². The van der Waals surface area contributed by atoms with Crippen LogP contribution in [0.5, 0.6) is 5.75 Å². The summed E-state index contributed by atoms with van der Waals surface area (Å²) in [6, 6.07) is 1.30. The van der Waals surface area contributed by atoms with E-state index in [0.29, 0.717) is 6.54 Å². The summed E-state index contributed by atoms with van der Waals surface area (Å²) in [5.74, 6) is -1.18. The van der Waals surface area contributed by atoms with Crippen molar-refractivity contribution in [3.63, 3.8) is 0 Å². The molecule has 6 nitrogen and oxygen atoms in total. The van der Waals surface area contributed by atoms with Crippen molar-refractivity contribution < 1.29 is 19.4 Å². The second kappa shape index (κ2) is 6.26. The number of nitrogens with zero attached hydrogens (tertiary/aromatic N) is 1. The van der Waals surface area contributed by atoms with Crippen molar-refractivity contribution in [3.8, 4) is 5.75 Å². The number of pyridine rings is 1. The van der Waals surface area contributed by atoms with Crippen LogP contribution in [-0.2, 0) is 4.79 Å². The van der Waals surface area contributed by atoms with Crippen molar-refractivity contribution in [3.05, 3.63) is 36.7 Å². The molecule has 0 atom stereocenters. The van der Waals surface area contributed by atoms with Crippen LogP contribution in [0.1, 0.15) is 10.4 Å². The molecule has 17 heavy (non-hydrogen) atoms. The smallest absolute Gasteiger partial charge is 0.337 e. The van der Waals surface area contributed by atoms with Gasteiger partial charge in [-0.1, -0.05) is 6.08 Å². The zero-order valence-electron chi connectivity index (χ0n) is 9.05. The fourth-order valence-corrected chi connectivity index (χ4v) is 1.00. The van der Waals surface area contributed by atoms with Crippen molar-refractivity contribution in [2.24, 2.45) is 0 Å². The molecule has 90 valence electrons. The number of aromatic carboxylic acids is 1. The second-order valence-electron chi connectivity index (χ2n) is 3.10. The zero-order valence-corrected chi connectivity index (χ0v) is 9.05. The average molecular weight is 236 g/mol. The molecule has 0 aliphatic heterocycles. The minimum absolute atomic E-state index is 0.00833. The largest absolute Gasteiger partial charge is 0.482 e. The highest BCUT2D eigenvalue weighted by atomic mass is 16.5. The van der Waals surface area contributed by atoms with Gasteiger partial charge in [-0.05, 0) is 6.07 Å². The van der Waals surface area contributed by atoms with E-state index in [1.807, 2.05) is 0 Å². The summed E-state index contributed by atoms with van der Waals surface area (Å²) in [5.41, 5.74) is 0.00833. The van der Waals surface area contributed by atoms with Gasteiger partial charge in [0.2, 0.25) is 0 Å². The number of carbonyl (C=O) groups is 2. The van der Waals surface area contributed by atoms with Gasteiger partial charge in [0, 0.05) is 12.7 Å². The molecule has 0 aliphatic rings. The molecule has 0 unspecified atom stereocenters. The first-order valence-corrected chi connectivity index (χ1v) is 4.82. The van der Waals surface area contributed by atoms with E-state index in [1.54, 1.807) is 6.08 Å². The molecule has 0 saturated carbocycles. The van der Waals surface area contributed by atoms with Gasteiger partial charge in [-0.2, -0.15) is 0 Å². The van der Waals surface area contributed by atoms with E-state index in [4.69, 9.17) is 9.84 Å². The molecule has 1 amide bonds. The number of hydrogen-bond donors (Lipinski definition) is 2. The number of ether oxygens (including phenoxy) is 1. The highest BCUT2D eigenvalue weighted by Crippen LogP contribution is 2.10. The summed E-state index contributed by atoms with van der Waals surface area (Å²) in [7, 11) is 0. The first-order chi connectivity index (χ1) is 8.13. The Morgan fingerprint density at radius 2 is 2.29 bits per heavy atom. The maximum Gasteiger partial charge on any atom is 0.337 e. The molecular formula is C11H12N2O4. The Morgan fingerprint density at radius 3 is 2.94 bits per heavy atom. The van der Waals surface area contributed by atoms with Crippen LogP contribution in [0.15, 0.2) is 31.1 Å². The van der Waals surface area contributed by atoms with E-state index in [0.717, 1.165) is 0 Å². The second-order valence-corrected chi connectivity index (χ2v) is 3.10. The molecule has 1 aromatic rings. The molecule has 0 radical (unpaired) electrons. The number of nitrogens with one attached hydrogen (secondary N) is 1. The highest BCUT2D eigenvalue weighted by molar-refractivity contribution is 5.87. The Bertz CT molecular complexity index is 431. The molecule has 1 aromatic heterocycles. The standard InChI is InChI=1S/C11H12N2O4/c1-2-3-13-10(14)7-17-9-4-8(11(15)16)5-12-6-9/h2,4-6H,1,3,7H2,(H,13,14)(H,15,16). The van der Waals surface area contributed by atoms with Crippen LogP contribution < -0.4 is 10.1 Å². The highest BCUT2D eigenvalue weighted by Gasteiger charge is 2.06. The fourth-order valence-electron chi connectivity index (χ4n) is 1.00. The predicted octanol–water partition coefficient (Wildman–Crippen LogP) is 0.461. The van der Waals surface area contributed by atoms with Gasteiger partial charge in [0.1, 0.15) is 5.75 Å². The summed E-state index contributed by atoms with van der Waals surface area (Å²) in [5, 5.41) is 11.2. The summed E-state index contributed by atoms with van der Waals surface area (Å²) in [6.45, 7) is 3.61. The third-order valence-electron chi connectivity index (χ3n) is 1.77. The summed E-state index contributed by atoms with van der Waals surface area (Å²) < 4.78 is 5.08. The Kier molecular flexibility index (Phi) is 4.68. The lowest BCUT2D eigenvalue weighted by Crippen LogP contribution is -2.28. The Morgan fingerprint density at radius 1 is 1.53 bits per heavy atom. The van der Waals surface area contributed by atoms with E-state index in [1.165, 1.54) is 18.5 Å². The topological polar surface area (TPSA) is 88.5 Å². The molecule has 0 aromatic carbocycles. The van der Waals surface area contributed by atoms with E-state index < -0.39 is 5.97 Å². The number of carboxylic acids is 1. The zero-order chi connectivity index (χ0) is 12.7. The van der Waals surface area contributed by atoms with Gasteiger partial charge in [-0.3, -0.25) is 9.78 Å². The molecule has 0 saturated heterocycles. The van der Waals surface area contributed by atoms with Crippen LogP contribution in [0.3, 0.4) is 0 Å². The number of rotatable bonds is 6.